The number of aliphatic hydroxyl groups is 9. The lowest BCUT2D eigenvalue weighted by molar-refractivity contribution is -0.360. The summed E-state index contributed by atoms with van der Waals surface area (Å²) in [4.78, 5) is 66.6. The molecular formula is C93H173O25P. The highest BCUT2D eigenvalue weighted by molar-refractivity contribution is 7.47. The summed E-state index contributed by atoms with van der Waals surface area (Å²) in [6, 6.07) is 0. The quantitative estimate of drug-likeness (QED) is 0.00889. The Morgan fingerprint density at radius 3 is 1.09 bits per heavy atom. The van der Waals surface area contributed by atoms with Crippen molar-refractivity contribution in [1.29, 1.82) is 0 Å². The maximum Gasteiger partial charge on any atom is 0.472 e. The van der Waals surface area contributed by atoms with E-state index in [-0.39, 0.29) is 25.7 Å². The molecule has 1 saturated carbocycles. The Balaban J connectivity index is 1.93. The van der Waals surface area contributed by atoms with Gasteiger partial charge in [-0.3, -0.25) is 28.2 Å². The van der Waals surface area contributed by atoms with Crippen molar-refractivity contribution < 1.29 is 122 Å². The summed E-state index contributed by atoms with van der Waals surface area (Å²) in [6.07, 6.45) is 26.4. The molecule has 0 bridgehead atoms. The maximum absolute atomic E-state index is 14.9. The molecule has 25 nitrogen and oxygen atoms in total. The Morgan fingerprint density at radius 2 is 0.681 bits per heavy atom. The number of allylic oxidation sites excluding steroid dienone is 2. The first-order valence-corrected chi connectivity index (χ1v) is 49.7. The summed E-state index contributed by atoms with van der Waals surface area (Å²) in [5.41, 5.74) is 0. The normalized spacial score (nSPS) is 25.4. The topological polar surface area (TPSA) is 380 Å². The van der Waals surface area contributed by atoms with Crippen molar-refractivity contribution in [3.8, 4) is 0 Å². The van der Waals surface area contributed by atoms with Gasteiger partial charge < -0.3 is 88.7 Å². The van der Waals surface area contributed by atoms with E-state index >= 15 is 0 Å². The average molecular weight is 1720 g/mol. The van der Waals surface area contributed by atoms with E-state index in [2.05, 4.69) is 53.7 Å². The molecule has 20 unspecified atom stereocenters. The van der Waals surface area contributed by atoms with Gasteiger partial charge >= 0.3 is 31.7 Å². The zero-order chi connectivity index (χ0) is 87.1. The maximum atomic E-state index is 14.9. The third-order valence-electron chi connectivity index (χ3n) is 24.1. The molecule has 1 aliphatic carbocycles. The number of unbranched alkanes of at least 4 members (excludes halogenated alkanes) is 43. The fraction of sp³-hybridized carbons (Fsp3) is 0.935. The van der Waals surface area contributed by atoms with Gasteiger partial charge in [-0.25, -0.2) is 4.57 Å². The summed E-state index contributed by atoms with van der Waals surface area (Å²) in [7, 11) is -5.81. The van der Waals surface area contributed by atoms with Crippen LogP contribution >= 0.6 is 7.82 Å². The van der Waals surface area contributed by atoms with E-state index in [4.69, 9.17) is 46.9 Å². The number of hydrogen-bond acceptors (Lipinski definition) is 24. The Hall–Kier alpha value is -2.79. The van der Waals surface area contributed by atoms with Crippen LogP contribution in [0.3, 0.4) is 0 Å². The first kappa shape index (κ1) is 110. The number of carbonyl (C=O) groups excluding carboxylic acids is 4. The van der Waals surface area contributed by atoms with Crippen molar-refractivity contribution in [3.05, 3.63) is 12.2 Å². The average Bonchev–Trinajstić information content (AvgIpc) is 0.753. The Morgan fingerprint density at radius 1 is 0.353 bits per heavy atom. The van der Waals surface area contributed by atoms with Crippen molar-refractivity contribution in [2.24, 2.45) is 11.8 Å². The van der Waals surface area contributed by atoms with Gasteiger partial charge in [0.1, 0.15) is 92.6 Å². The molecule has 0 spiro atoms. The van der Waals surface area contributed by atoms with Gasteiger partial charge in [0.2, 0.25) is 0 Å². The lowest BCUT2D eigenvalue weighted by Crippen LogP contribution is -2.70. The zero-order valence-corrected chi connectivity index (χ0v) is 75.9. The summed E-state index contributed by atoms with van der Waals surface area (Å²) in [6.45, 7) is 10.2. The smallest absolute Gasteiger partial charge is 0.463 e. The minimum atomic E-state index is -5.81. The number of phosphoric acid groups is 1. The van der Waals surface area contributed by atoms with Gasteiger partial charge in [0.25, 0.3) is 0 Å². The zero-order valence-electron chi connectivity index (χ0n) is 75.0. The molecule has 0 amide bonds. The van der Waals surface area contributed by atoms with Gasteiger partial charge in [-0.05, 0) is 63.2 Å². The molecule has 0 aromatic rings. The minimum Gasteiger partial charge on any atom is -0.463 e. The standard InChI is InChI=1S/C93H173O25P/c1-7-11-15-19-23-25-27-29-30-32-33-35-37-47-55-63-76(95)109-68-73(112-78(97)65-57-49-38-36-34-31-28-26-24-20-16-12-8-2)69-111-119(107,108)118-91-89(116-92-86(105)82(101)80(99)74(67-94)113-92)85(104)84(103)88(115-79(98)66-58-50-42-40-46-54-62-72(6)60-52-44-22-18-14-10-4)90(91)117-93-87(106)83(102)81(100)75(114-93)70-110-77(96)64-56-48-41-39-45-53-61-71(5)59-51-43-21-17-13-9-3/h31,34,71-75,80-94,99-106H,7-30,32-33,35-70H2,1-6H3,(H,107,108)/b34-31-. The number of ether oxygens (including phenoxy) is 8. The molecule has 700 valence electrons. The van der Waals surface area contributed by atoms with Crippen LogP contribution in [-0.2, 0) is 70.7 Å². The van der Waals surface area contributed by atoms with Crippen LogP contribution < -0.4 is 0 Å². The van der Waals surface area contributed by atoms with Gasteiger partial charge in [0.05, 0.1) is 13.2 Å². The largest absolute Gasteiger partial charge is 0.472 e. The molecular weight excluding hydrogens is 1550 g/mol. The number of carbonyl (C=O) groups is 4. The van der Waals surface area contributed by atoms with Crippen LogP contribution in [0.2, 0.25) is 0 Å². The summed E-state index contributed by atoms with van der Waals surface area (Å²) in [5, 5.41) is 103. The molecule has 20 atom stereocenters. The summed E-state index contributed by atoms with van der Waals surface area (Å²) < 4.78 is 73.6. The Kier molecular flexibility index (Phi) is 65.2. The number of hydrogen-bond donors (Lipinski definition) is 10. The van der Waals surface area contributed by atoms with E-state index in [1.165, 1.54) is 186 Å². The van der Waals surface area contributed by atoms with Crippen LogP contribution in [0, 0.1) is 11.8 Å². The fourth-order valence-electron chi connectivity index (χ4n) is 16.2. The van der Waals surface area contributed by atoms with Crippen molar-refractivity contribution in [2.45, 2.75) is 518 Å². The molecule has 3 aliphatic rings. The molecule has 2 aliphatic heterocycles. The predicted molar refractivity (Wildman–Crippen MR) is 462 cm³/mol. The molecule has 2 saturated heterocycles. The van der Waals surface area contributed by atoms with Crippen LogP contribution in [0.15, 0.2) is 12.2 Å². The SMILES string of the molecule is CCCCCCCC/C=C\CCCCCC(=O)OC(COC(=O)CCCCCCCCCCCCCCCCC)COP(=O)(O)OC1C(OC2OC(CO)C(O)C(O)C2O)C(O)C(O)C(OC(=O)CCCCCCCCC(C)CCCCCCCC)C1OC1OC(COC(=O)CCCCCCCCC(C)CCCCCCCC)C(O)C(O)C1O. The van der Waals surface area contributed by atoms with Crippen molar-refractivity contribution in [1.82, 2.24) is 0 Å². The molecule has 119 heavy (non-hydrogen) atoms. The summed E-state index contributed by atoms with van der Waals surface area (Å²) >= 11 is 0. The molecule has 0 radical (unpaired) electrons. The van der Waals surface area contributed by atoms with E-state index < -0.39 is 162 Å². The highest BCUT2D eigenvalue weighted by atomic mass is 31.2. The second kappa shape index (κ2) is 70.3. The second-order valence-corrected chi connectivity index (χ2v) is 36.5. The van der Waals surface area contributed by atoms with Gasteiger partial charge in [-0.15, -0.1) is 0 Å². The van der Waals surface area contributed by atoms with E-state index in [9.17, 15) is 74.6 Å². The first-order valence-electron chi connectivity index (χ1n) is 48.2. The minimum absolute atomic E-state index is 0.0149. The monoisotopic (exact) mass is 1720 g/mol. The predicted octanol–water partition coefficient (Wildman–Crippen LogP) is 18.0. The third-order valence-corrected chi connectivity index (χ3v) is 25.0. The van der Waals surface area contributed by atoms with Crippen LogP contribution in [-0.4, -0.2) is 205 Å². The summed E-state index contributed by atoms with van der Waals surface area (Å²) in [5.74, 6) is -1.66. The van der Waals surface area contributed by atoms with Crippen LogP contribution in [0.1, 0.15) is 414 Å². The molecule has 3 rings (SSSR count). The van der Waals surface area contributed by atoms with Crippen LogP contribution in [0.25, 0.3) is 0 Å². The van der Waals surface area contributed by atoms with Crippen molar-refractivity contribution in [3.63, 3.8) is 0 Å². The fourth-order valence-corrected chi connectivity index (χ4v) is 17.2. The molecule has 10 N–H and O–H groups in total. The van der Waals surface area contributed by atoms with E-state index in [1.807, 2.05) is 0 Å². The van der Waals surface area contributed by atoms with Gasteiger partial charge in [0, 0.05) is 25.7 Å². The van der Waals surface area contributed by atoms with Gasteiger partial charge in [-0.2, -0.15) is 0 Å². The van der Waals surface area contributed by atoms with E-state index in [0.717, 1.165) is 122 Å². The number of aliphatic hydroxyl groups excluding tert-OH is 9. The highest BCUT2D eigenvalue weighted by Crippen LogP contribution is 2.49. The third kappa shape index (κ3) is 51.0. The Bertz CT molecular complexity index is 2550. The molecule has 0 aromatic heterocycles. The van der Waals surface area contributed by atoms with Crippen molar-refractivity contribution in [2.75, 3.05) is 26.4 Å². The van der Waals surface area contributed by atoms with Crippen LogP contribution in [0.4, 0.5) is 0 Å². The lowest BCUT2D eigenvalue weighted by Gasteiger charge is -2.50. The molecule has 3 fully saturated rings. The molecule has 2 heterocycles. The van der Waals surface area contributed by atoms with Crippen LogP contribution in [0.5, 0.6) is 0 Å². The Labute approximate surface area is 718 Å². The second-order valence-electron chi connectivity index (χ2n) is 35.1. The van der Waals surface area contributed by atoms with Crippen molar-refractivity contribution >= 4 is 31.7 Å². The van der Waals surface area contributed by atoms with Gasteiger partial charge in [-0.1, -0.05) is 349 Å². The lowest BCUT2D eigenvalue weighted by atomic mass is 9.84. The van der Waals surface area contributed by atoms with E-state index in [1.54, 1.807) is 0 Å². The highest BCUT2D eigenvalue weighted by Gasteiger charge is 2.60. The number of esters is 4. The molecule has 26 heteroatoms. The van der Waals surface area contributed by atoms with E-state index in [0.29, 0.717) is 50.4 Å². The first-order chi connectivity index (χ1) is 57.5. The number of phosphoric ester groups is 1. The van der Waals surface area contributed by atoms with Gasteiger partial charge in [0.15, 0.2) is 24.8 Å². The number of rotatable bonds is 77. The molecule has 0 aromatic carbocycles.